The summed E-state index contributed by atoms with van der Waals surface area (Å²) in [5, 5.41) is 10.3. The highest BCUT2D eigenvalue weighted by molar-refractivity contribution is 4.82. The van der Waals surface area contributed by atoms with Gasteiger partial charge in [-0.2, -0.15) is 0 Å². The third-order valence-electron chi connectivity index (χ3n) is 3.96. The summed E-state index contributed by atoms with van der Waals surface area (Å²) in [5.41, 5.74) is -0.291. The lowest BCUT2D eigenvalue weighted by Gasteiger charge is -2.33. The predicted molar refractivity (Wildman–Crippen MR) is 61.3 cm³/mol. The van der Waals surface area contributed by atoms with Gasteiger partial charge in [-0.25, -0.2) is 0 Å². The van der Waals surface area contributed by atoms with Crippen molar-refractivity contribution in [2.45, 2.75) is 77.2 Å². The Morgan fingerprint density at radius 1 is 1.07 bits per heavy atom. The smallest absolute Gasteiger partial charge is 0.0648 e. The normalized spacial score (nSPS) is 21.4. The van der Waals surface area contributed by atoms with Crippen molar-refractivity contribution in [3.05, 3.63) is 0 Å². The van der Waals surface area contributed by atoms with E-state index in [4.69, 9.17) is 0 Å². The molecule has 1 aliphatic rings. The molecule has 1 saturated carbocycles. The van der Waals surface area contributed by atoms with E-state index in [9.17, 15) is 5.11 Å². The maximum absolute atomic E-state index is 10.3. The second-order valence-corrected chi connectivity index (χ2v) is 5.01. The van der Waals surface area contributed by atoms with Crippen LogP contribution >= 0.6 is 0 Å². The van der Waals surface area contributed by atoms with Gasteiger partial charge in [-0.3, -0.25) is 0 Å². The largest absolute Gasteiger partial charge is 0.390 e. The highest BCUT2D eigenvalue weighted by Gasteiger charge is 2.28. The minimum atomic E-state index is -0.291. The molecule has 1 rings (SSSR count). The maximum atomic E-state index is 10.3. The molecule has 14 heavy (non-hydrogen) atoms. The fourth-order valence-electron chi connectivity index (χ4n) is 2.63. The van der Waals surface area contributed by atoms with Gasteiger partial charge in [-0.15, -0.1) is 0 Å². The molecular formula is C13H26O. The maximum Gasteiger partial charge on any atom is 0.0648 e. The van der Waals surface area contributed by atoms with Crippen LogP contribution in [0.3, 0.4) is 0 Å². The molecule has 0 unspecified atom stereocenters. The summed E-state index contributed by atoms with van der Waals surface area (Å²) in [6.45, 7) is 4.53. The van der Waals surface area contributed by atoms with Crippen molar-refractivity contribution in [3.63, 3.8) is 0 Å². The van der Waals surface area contributed by atoms with Gasteiger partial charge in [-0.1, -0.05) is 46.0 Å². The summed E-state index contributed by atoms with van der Waals surface area (Å²) < 4.78 is 0. The van der Waals surface area contributed by atoms with Gasteiger partial charge in [-0.05, 0) is 31.6 Å². The molecule has 0 aromatic heterocycles. The van der Waals surface area contributed by atoms with Crippen LogP contribution in [0.25, 0.3) is 0 Å². The SMILES string of the molecule is CCC(CC)CCC1(O)CCCCC1. The lowest BCUT2D eigenvalue weighted by atomic mass is 9.79. The van der Waals surface area contributed by atoms with E-state index in [0.29, 0.717) is 0 Å². The molecule has 1 aliphatic carbocycles. The number of hydrogen-bond acceptors (Lipinski definition) is 1. The van der Waals surface area contributed by atoms with Gasteiger partial charge in [0, 0.05) is 0 Å². The van der Waals surface area contributed by atoms with E-state index in [1.54, 1.807) is 0 Å². The highest BCUT2D eigenvalue weighted by atomic mass is 16.3. The van der Waals surface area contributed by atoms with Crippen LogP contribution < -0.4 is 0 Å². The molecule has 0 spiro atoms. The Bertz CT molecular complexity index is 143. The average molecular weight is 198 g/mol. The van der Waals surface area contributed by atoms with Crippen LogP contribution in [0, 0.1) is 5.92 Å². The van der Waals surface area contributed by atoms with Crippen LogP contribution in [0.15, 0.2) is 0 Å². The van der Waals surface area contributed by atoms with Gasteiger partial charge in [0.1, 0.15) is 0 Å². The Morgan fingerprint density at radius 2 is 1.64 bits per heavy atom. The van der Waals surface area contributed by atoms with Crippen molar-refractivity contribution < 1.29 is 5.11 Å². The van der Waals surface area contributed by atoms with E-state index >= 15 is 0 Å². The second kappa shape index (κ2) is 5.75. The van der Waals surface area contributed by atoms with E-state index in [-0.39, 0.29) is 5.60 Å². The summed E-state index contributed by atoms with van der Waals surface area (Å²) in [6, 6.07) is 0. The van der Waals surface area contributed by atoms with Crippen molar-refractivity contribution in [1.82, 2.24) is 0 Å². The quantitative estimate of drug-likeness (QED) is 0.710. The van der Waals surface area contributed by atoms with Crippen LogP contribution in [0.5, 0.6) is 0 Å². The molecule has 0 radical (unpaired) electrons. The zero-order chi connectivity index (χ0) is 10.4. The minimum absolute atomic E-state index is 0.291. The molecule has 1 fully saturated rings. The number of rotatable bonds is 5. The van der Waals surface area contributed by atoms with Crippen LogP contribution in [-0.2, 0) is 0 Å². The molecule has 0 aliphatic heterocycles. The van der Waals surface area contributed by atoms with Crippen molar-refractivity contribution in [3.8, 4) is 0 Å². The second-order valence-electron chi connectivity index (χ2n) is 5.01. The van der Waals surface area contributed by atoms with Crippen LogP contribution in [-0.4, -0.2) is 10.7 Å². The predicted octanol–water partition coefficient (Wildman–Crippen LogP) is 3.90. The summed E-state index contributed by atoms with van der Waals surface area (Å²) in [4.78, 5) is 0. The van der Waals surface area contributed by atoms with E-state index < -0.39 is 0 Å². The van der Waals surface area contributed by atoms with E-state index in [0.717, 1.165) is 25.2 Å². The zero-order valence-corrected chi connectivity index (χ0v) is 9.89. The molecule has 1 nitrogen and oxygen atoms in total. The lowest BCUT2D eigenvalue weighted by Crippen LogP contribution is -2.31. The van der Waals surface area contributed by atoms with Crippen LogP contribution in [0.1, 0.15) is 71.6 Å². The van der Waals surface area contributed by atoms with Crippen molar-refractivity contribution in [2.75, 3.05) is 0 Å². The molecule has 0 amide bonds. The van der Waals surface area contributed by atoms with Crippen molar-refractivity contribution in [2.24, 2.45) is 5.92 Å². The van der Waals surface area contributed by atoms with Gasteiger partial charge in [0.05, 0.1) is 5.60 Å². The monoisotopic (exact) mass is 198 g/mol. The first-order chi connectivity index (χ1) is 6.70. The Labute approximate surface area is 88.9 Å². The molecule has 0 aromatic rings. The standard InChI is InChI=1S/C13H26O/c1-3-12(4-2)8-11-13(14)9-6-5-7-10-13/h12,14H,3-11H2,1-2H3. The molecule has 84 valence electrons. The first-order valence-electron chi connectivity index (χ1n) is 6.42. The fraction of sp³-hybridized carbons (Fsp3) is 1.00. The third-order valence-corrected chi connectivity index (χ3v) is 3.96. The van der Waals surface area contributed by atoms with Gasteiger partial charge < -0.3 is 5.11 Å². The van der Waals surface area contributed by atoms with Gasteiger partial charge in [0.25, 0.3) is 0 Å². The van der Waals surface area contributed by atoms with Crippen molar-refractivity contribution in [1.29, 1.82) is 0 Å². The average Bonchev–Trinajstić information content (AvgIpc) is 2.20. The van der Waals surface area contributed by atoms with Gasteiger partial charge >= 0.3 is 0 Å². The van der Waals surface area contributed by atoms with Crippen LogP contribution in [0.4, 0.5) is 0 Å². The summed E-state index contributed by atoms with van der Waals surface area (Å²) in [7, 11) is 0. The molecule has 1 heteroatoms. The van der Waals surface area contributed by atoms with Gasteiger partial charge in [0.2, 0.25) is 0 Å². The van der Waals surface area contributed by atoms with Gasteiger partial charge in [0.15, 0.2) is 0 Å². The lowest BCUT2D eigenvalue weighted by molar-refractivity contribution is -0.00915. The van der Waals surface area contributed by atoms with E-state index in [1.807, 2.05) is 0 Å². The zero-order valence-electron chi connectivity index (χ0n) is 9.89. The Kier molecular flexibility index (Phi) is 4.94. The topological polar surface area (TPSA) is 20.2 Å². The summed E-state index contributed by atoms with van der Waals surface area (Å²) in [6.07, 6.45) is 10.7. The number of hydrogen-bond donors (Lipinski definition) is 1. The molecule has 0 bridgehead atoms. The first kappa shape index (κ1) is 12.0. The summed E-state index contributed by atoms with van der Waals surface area (Å²) >= 11 is 0. The summed E-state index contributed by atoms with van der Waals surface area (Å²) in [5.74, 6) is 0.834. The number of aliphatic hydroxyl groups is 1. The first-order valence-corrected chi connectivity index (χ1v) is 6.42. The Balaban J connectivity index is 2.27. The van der Waals surface area contributed by atoms with Crippen LogP contribution in [0.2, 0.25) is 0 Å². The molecule has 0 atom stereocenters. The Morgan fingerprint density at radius 3 is 2.14 bits per heavy atom. The molecular weight excluding hydrogens is 172 g/mol. The van der Waals surface area contributed by atoms with E-state index in [1.165, 1.54) is 38.5 Å². The molecule has 0 aromatic carbocycles. The molecule has 0 heterocycles. The van der Waals surface area contributed by atoms with E-state index in [2.05, 4.69) is 13.8 Å². The third kappa shape index (κ3) is 3.61. The van der Waals surface area contributed by atoms with Crippen molar-refractivity contribution >= 4 is 0 Å². The Hall–Kier alpha value is -0.0400. The molecule has 1 N–H and O–H groups in total. The minimum Gasteiger partial charge on any atom is -0.390 e. The highest BCUT2D eigenvalue weighted by Crippen LogP contribution is 2.33. The fourth-order valence-corrected chi connectivity index (χ4v) is 2.63. The molecule has 0 saturated heterocycles.